The number of aliphatic hydroxyl groups is 2. The van der Waals surface area contributed by atoms with E-state index in [2.05, 4.69) is 9.97 Å². The maximum Gasteiger partial charge on any atom is 0.333 e. The van der Waals surface area contributed by atoms with E-state index in [1.54, 1.807) is 50.5 Å². The number of nitrogens with two attached hydrogens (primary N) is 2. The molecule has 0 spiro atoms. The molecule has 2 aromatic carbocycles. The molecule has 57 heavy (non-hydrogen) atoms. The first kappa shape index (κ1) is 38.0. The predicted octanol–water partition coefficient (Wildman–Crippen LogP) is 5.11. The number of carbonyl (C=O) groups excluding carboxylic acids is 1. The Balaban J connectivity index is 1.51. The Morgan fingerprint density at radius 1 is 1.07 bits per heavy atom. The standard InChI is InChI=1S/C44H46N4O9/c1-4-21(2)43(54)56-34-17-30-39(53)37-33(52)16-27(19-49)55-41(37)38-36(31(20-50)23-6-5-7-26(51)12-23)28-10-11-47-42(46)29(28)13-24-9-8-22-15-35(45)48-18-25(22)14-32(24)44(34,3)57-40(30)38/h4-7,10-12,15-16,18,24,31-32,34,36,49-51,53H,8-9,13-14,17,19-20H2,1-3H3,(H2,45,48)(H2,46,47)/b21-4-/t24-,31-,32+,34-,36-,44+/m1/s1. The van der Waals surface area contributed by atoms with Crippen molar-refractivity contribution in [3.8, 4) is 17.2 Å². The fraction of sp³-hybridized carbons (Fsp3) is 0.364. The number of hydrogen-bond donors (Lipinski definition) is 6. The van der Waals surface area contributed by atoms with Gasteiger partial charge in [0.15, 0.2) is 5.43 Å². The zero-order chi connectivity index (χ0) is 40.3. The SMILES string of the molecule is C/C=C(/C)C(=O)O[C@@H]1Cc2c3c(c4oc(CO)cc(=O)c4c2O)[C@@H]([C@H](CO)c2cccc(O)c2)c2ccnc(N)c2C[C@H]2CCc4cc(N)ncc4C[C@@H]2[C@]1(C)O3. The smallest absolute Gasteiger partial charge is 0.333 e. The molecule has 0 fully saturated rings. The first-order valence-electron chi connectivity index (χ1n) is 19.2. The molecule has 296 valence electrons. The number of aliphatic hydroxyl groups excluding tert-OH is 2. The number of aromatic hydroxyl groups is 2. The van der Waals surface area contributed by atoms with Gasteiger partial charge in [0.2, 0.25) is 0 Å². The topological polar surface area (TPSA) is 224 Å². The van der Waals surface area contributed by atoms with Crippen LogP contribution in [0, 0.1) is 11.8 Å². The lowest BCUT2D eigenvalue weighted by Gasteiger charge is -2.50. The molecule has 8 N–H and O–H groups in total. The molecule has 8 rings (SSSR count). The first-order valence-corrected chi connectivity index (χ1v) is 19.2. The summed E-state index contributed by atoms with van der Waals surface area (Å²) in [4.78, 5) is 36.7. The van der Waals surface area contributed by atoms with Gasteiger partial charge in [-0.1, -0.05) is 18.2 Å². The number of aromatic nitrogens is 2. The van der Waals surface area contributed by atoms with Gasteiger partial charge in [0.25, 0.3) is 0 Å². The van der Waals surface area contributed by atoms with Crippen molar-refractivity contribution in [1.29, 1.82) is 0 Å². The molecule has 13 nitrogen and oxygen atoms in total. The minimum absolute atomic E-state index is 0.0205. The van der Waals surface area contributed by atoms with Crippen LogP contribution in [0.1, 0.15) is 83.7 Å². The number of carbonyl (C=O) groups is 1. The second kappa shape index (κ2) is 14.5. The first-order chi connectivity index (χ1) is 27.4. The quantitative estimate of drug-likeness (QED) is 0.0976. The average molecular weight is 775 g/mol. The molecular formula is C44H46N4O9. The van der Waals surface area contributed by atoms with E-state index in [1.807, 2.05) is 19.1 Å². The third-order valence-electron chi connectivity index (χ3n) is 12.6. The number of fused-ring (bicyclic) bond motifs is 7. The number of phenolic OH excluding ortho intramolecular Hbond substituents is 2. The lowest BCUT2D eigenvalue weighted by atomic mass is 9.66. The zero-order valence-corrected chi connectivity index (χ0v) is 32.0. The molecule has 3 aliphatic rings. The number of phenols is 2. The van der Waals surface area contributed by atoms with Crippen molar-refractivity contribution in [2.24, 2.45) is 11.8 Å². The number of hydrogen-bond acceptors (Lipinski definition) is 13. The Kier molecular flexibility index (Phi) is 9.69. The molecular weight excluding hydrogens is 729 g/mol. The number of benzene rings is 2. The summed E-state index contributed by atoms with van der Waals surface area (Å²) in [5.41, 5.74) is 16.0. The van der Waals surface area contributed by atoms with E-state index in [4.69, 9.17) is 25.4 Å². The van der Waals surface area contributed by atoms with Gasteiger partial charge in [-0.3, -0.25) is 4.79 Å². The van der Waals surface area contributed by atoms with Crippen LogP contribution >= 0.6 is 0 Å². The summed E-state index contributed by atoms with van der Waals surface area (Å²) < 4.78 is 20.1. The van der Waals surface area contributed by atoms with Crippen molar-refractivity contribution >= 4 is 28.6 Å². The van der Waals surface area contributed by atoms with Gasteiger partial charge >= 0.3 is 5.97 Å². The number of rotatable bonds is 6. The summed E-state index contributed by atoms with van der Waals surface area (Å²) in [5.74, 6) is -2.35. The molecule has 6 atom stereocenters. The molecule has 3 aromatic heterocycles. The van der Waals surface area contributed by atoms with E-state index in [1.165, 1.54) is 6.07 Å². The Morgan fingerprint density at radius 3 is 2.61 bits per heavy atom. The molecule has 5 aromatic rings. The number of allylic oxidation sites excluding steroid dienone is 1. The van der Waals surface area contributed by atoms with E-state index in [-0.39, 0.29) is 57.9 Å². The molecule has 2 aliphatic heterocycles. The van der Waals surface area contributed by atoms with Gasteiger partial charge in [-0.05, 0) is 104 Å². The van der Waals surface area contributed by atoms with Gasteiger partial charge < -0.3 is 45.8 Å². The number of anilines is 2. The minimum Gasteiger partial charge on any atom is -0.508 e. The van der Waals surface area contributed by atoms with E-state index in [0.29, 0.717) is 59.3 Å². The number of nitrogen functional groups attached to an aromatic ring is 2. The van der Waals surface area contributed by atoms with Gasteiger partial charge in [-0.2, -0.15) is 0 Å². The van der Waals surface area contributed by atoms with Gasteiger partial charge in [0, 0.05) is 59.3 Å². The van der Waals surface area contributed by atoms with E-state index < -0.39 is 53.9 Å². The van der Waals surface area contributed by atoms with Crippen molar-refractivity contribution in [3.63, 3.8) is 0 Å². The van der Waals surface area contributed by atoms with Crippen molar-refractivity contribution in [2.75, 3.05) is 18.1 Å². The van der Waals surface area contributed by atoms with Crippen molar-refractivity contribution in [2.45, 2.75) is 83.0 Å². The lowest BCUT2D eigenvalue weighted by Crippen LogP contribution is -2.59. The molecule has 2 bridgehead atoms. The van der Waals surface area contributed by atoms with Crippen LogP contribution < -0.4 is 21.6 Å². The Labute approximate surface area is 328 Å². The maximum atomic E-state index is 14.0. The fourth-order valence-electron chi connectivity index (χ4n) is 9.49. The van der Waals surface area contributed by atoms with Crippen LogP contribution in [0.4, 0.5) is 11.6 Å². The van der Waals surface area contributed by atoms with Crippen molar-refractivity contribution < 1.29 is 39.1 Å². The number of aryl methyl sites for hydroxylation is 1. The van der Waals surface area contributed by atoms with Crippen LogP contribution in [0.2, 0.25) is 0 Å². The largest absolute Gasteiger partial charge is 0.508 e. The highest BCUT2D eigenvalue weighted by Gasteiger charge is 2.55. The predicted molar refractivity (Wildman–Crippen MR) is 212 cm³/mol. The normalized spacial score (nSPS) is 23.3. The van der Waals surface area contributed by atoms with E-state index >= 15 is 0 Å². The van der Waals surface area contributed by atoms with Crippen LogP contribution in [0.5, 0.6) is 17.2 Å². The summed E-state index contributed by atoms with van der Waals surface area (Å²) in [6, 6.07) is 11.4. The molecule has 0 amide bonds. The lowest BCUT2D eigenvalue weighted by molar-refractivity contribution is -0.168. The zero-order valence-electron chi connectivity index (χ0n) is 32.0. The van der Waals surface area contributed by atoms with Crippen LogP contribution in [0.3, 0.4) is 0 Å². The van der Waals surface area contributed by atoms with Crippen LogP contribution in [0.15, 0.2) is 75.7 Å². The monoisotopic (exact) mass is 774 g/mol. The number of esters is 1. The molecule has 0 saturated heterocycles. The molecule has 0 saturated carbocycles. The van der Waals surface area contributed by atoms with Crippen LogP contribution in [-0.4, -0.2) is 54.7 Å². The highest BCUT2D eigenvalue weighted by atomic mass is 16.6. The molecule has 0 radical (unpaired) electrons. The van der Waals surface area contributed by atoms with Crippen molar-refractivity contribution in [1.82, 2.24) is 9.97 Å². The summed E-state index contributed by atoms with van der Waals surface area (Å²) in [6.45, 7) is 4.28. The van der Waals surface area contributed by atoms with E-state index in [0.717, 1.165) is 17.2 Å². The van der Waals surface area contributed by atoms with E-state index in [9.17, 15) is 30.0 Å². The second-order valence-electron chi connectivity index (χ2n) is 15.7. The summed E-state index contributed by atoms with van der Waals surface area (Å²) >= 11 is 0. The van der Waals surface area contributed by atoms with Gasteiger partial charge in [-0.15, -0.1) is 0 Å². The second-order valence-corrected chi connectivity index (χ2v) is 15.7. The maximum absolute atomic E-state index is 14.0. The summed E-state index contributed by atoms with van der Waals surface area (Å²) in [5, 5.41) is 44.4. The third-order valence-corrected chi connectivity index (χ3v) is 12.6. The summed E-state index contributed by atoms with van der Waals surface area (Å²) in [6.07, 6.45) is 6.25. The minimum atomic E-state index is -1.28. The van der Waals surface area contributed by atoms with Gasteiger partial charge in [-0.25, -0.2) is 14.8 Å². The highest BCUT2D eigenvalue weighted by molar-refractivity contribution is 5.92. The average Bonchev–Trinajstić information content (AvgIpc) is 3.37. The van der Waals surface area contributed by atoms with Crippen LogP contribution in [0.25, 0.3) is 11.0 Å². The van der Waals surface area contributed by atoms with Crippen molar-refractivity contribution in [3.05, 3.63) is 121 Å². The molecule has 13 heteroatoms. The van der Waals surface area contributed by atoms with Gasteiger partial charge in [0.1, 0.15) is 63.9 Å². The fourth-order valence-corrected chi connectivity index (χ4v) is 9.49. The molecule has 5 heterocycles. The number of nitrogens with zero attached hydrogens (tertiary/aromatic N) is 2. The van der Waals surface area contributed by atoms with Crippen LogP contribution in [-0.2, 0) is 41.8 Å². The number of pyridine rings is 2. The highest BCUT2D eigenvalue weighted by Crippen LogP contribution is 2.57. The Morgan fingerprint density at radius 2 is 1.88 bits per heavy atom. The Bertz CT molecular complexity index is 2510. The molecule has 1 aliphatic carbocycles. The third kappa shape index (κ3) is 6.34. The summed E-state index contributed by atoms with van der Waals surface area (Å²) in [7, 11) is 0. The Hall–Kier alpha value is -5.92. The van der Waals surface area contributed by atoms with Gasteiger partial charge in [0.05, 0.1) is 6.61 Å². The molecule has 0 unspecified atom stereocenters. The number of ether oxygens (including phenoxy) is 2.